The Morgan fingerprint density at radius 2 is 1.46 bits per heavy atom. The van der Waals surface area contributed by atoms with Crippen LogP contribution in [0.5, 0.6) is 0 Å². The average molecular weight is 346 g/mol. The van der Waals surface area contributed by atoms with Crippen molar-refractivity contribution in [1.82, 2.24) is 0 Å². The van der Waals surface area contributed by atoms with Crippen LogP contribution in [-0.2, 0) is 23.8 Å². The van der Waals surface area contributed by atoms with E-state index in [1.54, 1.807) is 6.92 Å². The molecule has 1 atom stereocenters. The van der Waals surface area contributed by atoms with E-state index in [2.05, 4.69) is 13.2 Å². The van der Waals surface area contributed by atoms with Crippen molar-refractivity contribution in [1.29, 1.82) is 0 Å². The van der Waals surface area contributed by atoms with Gasteiger partial charge < -0.3 is 29.5 Å². The molecule has 0 amide bonds. The highest BCUT2D eigenvalue weighted by atomic mass is 16.6. The normalized spacial score (nSPS) is 15.6. The van der Waals surface area contributed by atoms with Gasteiger partial charge in [-0.15, -0.1) is 0 Å². The molecule has 1 aliphatic rings. The Bertz CT molecular complexity index is 441. The highest BCUT2D eigenvalue weighted by Crippen LogP contribution is 2.15. The molecule has 0 aliphatic carbocycles. The first-order chi connectivity index (χ1) is 11.2. The molecule has 1 fully saturated rings. The molecule has 138 valence electrons. The highest BCUT2D eigenvalue weighted by molar-refractivity contribution is 5.87. The van der Waals surface area contributed by atoms with Crippen molar-refractivity contribution in [3.63, 3.8) is 0 Å². The number of epoxide rings is 1. The zero-order chi connectivity index (χ0) is 18.8. The van der Waals surface area contributed by atoms with Crippen LogP contribution in [0, 0.1) is 5.41 Å². The molecular weight excluding hydrogens is 320 g/mol. The Kier molecular flexibility index (Phi) is 10.1. The Labute approximate surface area is 141 Å². The van der Waals surface area contributed by atoms with Crippen LogP contribution >= 0.6 is 0 Å². The fraction of sp³-hybridized carbons (Fsp3) is 0.625. The zero-order valence-electron chi connectivity index (χ0n) is 14.1. The first-order valence-electron chi connectivity index (χ1n) is 7.30. The molecule has 1 aliphatic heterocycles. The summed E-state index contributed by atoms with van der Waals surface area (Å²) in [5, 5.41) is 26.7. The van der Waals surface area contributed by atoms with Gasteiger partial charge in [0.15, 0.2) is 0 Å². The van der Waals surface area contributed by atoms with Gasteiger partial charge in [0.1, 0.15) is 19.3 Å². The van der Waals surface area contributed by atoms with Gasteiger partial charge in [-0.25, -0.2) is 9.59 Å². The van der Waals surface area contributed by atoms with Gasteiger partial charge in [0.2, 0.25) is 0 Å². The molecule has 1 unspecified atom stereocenters. The maximum absolute atomic E-state index is 11.0. The minimum atomic E-state index is -1.18. The molecule has 24 heavy (non-hydrogen) atoms. The van der Waals surface area contributed by atoms with Crippen molar-refractivity contribution in [3.05, 3.63) is 24.3 Å². The lowest BCUT2D eigenvalue weighted by Crippen LogP contribution is -2.39. The van der Waals surface area contributed by atoms with Gasteiger partial charge in [-0.2, -0.15) is 0 Å². The SMILES string of the molecule is C=C(C)C(=O)OCC(CO)(CO)CO.C=C(C)C(=O)OCC1CO1. The number of aliphatic hydroxyl groups excluding tert-OH is 3. The van der Waals surface area contributed by atoms with Crippen LogP contribution in [-0.4, -0.2) is 73.0 Å². The predicted octanol–water partition coefficient (Wildman–Crippen LogP) is -0.427. The first-order valence-corrected chi connectivity index (χ1v) is 7.30. The second-order valence-electron chi connectivity index (χ2n) is 5.66. The molecule has 0 radical (unpaired) electrons. The summed E-state index contributed by atoms with van der Waals surface area (Å²) in [6.45, 7) is 9.40. The second-order valence-corrected chi connectivity index (χ2v) is 5.66. The summed E-state index contributed by atoms with van der Waals surface area (Å²) < 4.78 is 14.3. The van der Waals surface area contributed by atoms with E-state index >= 15 is 0 Å². The average Bonchev–Trinajstić information content (AvgIpc) is 3.38. The van der Waals surface area contributed by atoms with Crippen molar-refractivity contribution in [2.24, 2.45) is 5.41 Å². The van der Waals surface area contributed by atoms with Crippen molar-refractivity contribution in [2.75, 3.05) is 39.6 Å². The van der Waals surface area contributed by atoms with Gasteiger partial charge in [0, 0.05) is 11.1 Å². The van der Waals surface area contributed by atoms with E-state index in [4.69, 9.17) is 29.5 Å². The Hall–Kier alpha value is -1.74. The predicted molar refractivity (Wildman–Crippen MR) is 85.0 cm³/mol. The summed E-state index contributed by atoms with van der Waals surface area (Å²) in [5.74, 6) is -0.944. The molecule has 1 rings (SSSR count). The van der Waals surface area contributed by atoms with Gasteiger partial charge in [-0.3, -0.25) is 0 Å². The third kappa shape index (κ3) is 8.78. The Morgan fingerprint density at radius 1 is 1.04 bits per heavy atom. The van der Waals surface area contributed by atoms with E-state index < -0.39 is 31.2 Å². The van der Waals surface area contributed by atoms with E-state index in [0.717, 1.165) is 0 Å². The van der Waals surface area contributed by atoms with Crippen molar-refractivity contribution in [3.8, 4) is 0 Å². The molecule has 8 heteroatoms. The van der Waals surface area contributed by atoms with Gasteiger partial charge in [-0.1, -0.05) is 13.2 Å². The fourth-order valence-corrected chi connectivity index (χ4v) is 1.08. The zero-order valence-corrected chi connectivity index (χ0v) is 14.1. The molecule has 1 saturated heterocycles. The van der Waals surface area contributed by atoms with Crippen LogP contribution in [0.3, 0.4) is 0 Å². The Morgan fingerprint density at radius 3 is 1.79 bits per heavy atom. The van der Waals surface area contributed by atoms with Crippen LogP contribution in [0.1, 0.15) is 13.8 Å². The largest absolute Gasteiger partial charge is 0.461 e. The van der Waals surface area contributed by atoms with E-state index in [1.165, 1.54) is 6.92 Å². The van der Waals surface area contributed by atoms with E-state index in [-0.39, 0.29) is 24.3 Å². The number of ether oxygens (including phenoxy) is 3. The summed E-state index contributed by atoms with van der Waals surface area (Å²) in [5.41, 5.74) is -0.515. The van der Waals surface area contributed by atoms with Crippen molar-refractivity contribution in [2.45, 2.75) is 20.0 Å². The maximum atomic E-state index is 11.0. The molecule has 3 N–H and O–H groups in total. The summed E-state index contributed by atoms with van der Waals surface area (Å²) in [7, 11) is 0. The number of hydrogen-bond donors (Lipinski definition) is 3. The van der Waals surface area contributed by atoms with Crippen LogP contribution in [0.25, 0.3) is 0 Å². The third-order valence-electron chi connectivity index (χ3n) is 3.02. The number of aliphatic hydroxyl groups is 3. The number of hydrogen-bond acceptors (Lipinski definition) is 8. The molecule has 0 bridgehead atoms. The van der Waals surface area contributed by atoms with Gasteiger partial charge >= 0.3 is 11.9 Å². The van der Waals surface area contributed by atoms with Crippen molar-refractivity contribution < 1.29 is 39.1 Å². The topological polar surface area (TPSA) is 126 Å². The standard InChI is InChI=1S/C9H16O5.C7H10O3/c1-7(2)8(13)14-6-9(3-10,4-11)5-12;1-5(2)7(8)10-4-6-3-9-6/h10-12H,1,3-6H2,2H3;6H,1,3-4H2,2H3. The third-order valence-corrected chi connectivity index (χ3v) is 3.02. The summed E-state index contributed by atoms with van der Waals surface area (Å²) in [4.78, 5) is 21.7. The maximum Gasteiger partial charge on any atom is 0.333 e. The lowest BCUT2D eigenvalue weighted by molar-refractivity contribution is -0.146. The lowest BCUT2D eigenvalue weighted by Gasteiger charge is -2.26. The Balaban J connectivity index is 0.000000463. The van der Waals surface area contributed by atoms with E-state index in [0.29, 0.717) is 18.8 Å². The molecule has 1 heterocycles. The number of esters is 2. The molecule has 0 aromatic heterocycles. The summed E-state index contributed by atoms with van der Waals surface area (Å²) >= 11 is 0. The van der Waals surface area contributed by atoms with Crippen LogP contribution in [0.15, 0.2) is 24.3 Å². The van der Waals surface area contributed by atoms with Crippen LogP contribution in [0.2, 0.25) is 0 Å². The number of carbonyl (C=O) groups is 2. The van der Waals surface area contributed by atoms with Crippen molar-refractivity contribution >= 4 is 11.9 Å². The van der Waals surface area contributed by atoms with Gasteiger partial charge in [0.05, 0.1) is 31.8 Å². The quantitative estimate of drug-likeness (QED) is 0.292. The summed E-state index contributed by atoms with van der Waals surface area (Å²) in [6.07, 6.45) is 0.142. The molecule has 0 aromatic rings. The first kappa shape index (κ1) is 22.3. The molecule has 0 spiro atoms. The molecule has 0 saturated carbocycles. The molecule has 0 aromatic carbocycles. The lowest BCUT2D eigenvalue weighted by atomic mass is 9.93. The monoisotopic (exact) mass is 346 g/mol. The molecular formula is C16H26O8. The fourth-order valence-electron chi connectivity index (χ4n) is 1.08. The second kappa shape index (κ2) is 10.9. The summed E-state index contributed by atoms with van der Waals surface area (Å²) in [6, 6.07) is 0. The van der Waals surface area contributed by atoms with E-state index in [1.807, 2.05) is 0 Å². The van der Waals surface area contributed by atoms with E-state index in [9.17, 15) is 9.59 Å². The number of carbonyl (C=O) groups excluding carboxylic acids is 2. The minimum Gasteiger partial charge on any atom is -0.461 e. The number of rotatable bonds is 9. The van der Waals surface area contributed by atoms with Gasteiger partial charge in [0.25, 0.3) is 0 Å². The van der Waals surface area contributed by atoms with Crippen LogP contribution < -0.4 is 0 Å². The smallest absolute Gasteiger partial charge is 0.333 e. The van der Waals surface area contributed by atoms with Gasteiger partial charge in [-0.05, 0) is 13.8 Å². The van der Waals surface area contributed by atoms with Crippen LogP contribution in [0.4, 0.5) is 0 Å². The highest BCUT2D eigenvalue weighted by Gasteiger charge is 2.30. The molecule has 8 nitrogen and oxygen atoms in total. The minimum absolute atomic E-state index is 0.142.